The first-order valence-corrected chi connectivity index (χ1v) is 4.77. The standard InChI is InChI=1S/C10H7ClN2O3/c11-7-8(10(16)13-9(7)15)12-5-2-1-3-6(14)4-5/h1-4,14H,(H2,12,13,15,16). The molecule has 0 saturated carbocycles. The van der Waals surface area contributed by atoms with Gasteiger partial charge in [0.05, 0.1) is 0 Å². The van der Waals surface area contributed by atoms with E-state index in [1.165, 1.54) is 12.1 Å². The number of hydrogen-bond donors (Lipinski definition) is 3. The molecule has 1 aromatic rings. The van der Waals surface area contributed by atoms with Gasteiger partial charge in [-0.05, 0) is 12.1 Å². The normalized spacial score (nSPS) is 15.3. The molecule has 0 saturated heterocycles. The summed E-state index contributed by atoms with van der Waals surface area (Å²) in [6.45, 7) is 0. The van der Waals surface area contributed by atoms with Crippen molar-refractivity contribution < 1.29 is 14.7 Å². The Bertz CT molecular complexity index is 511. The number of anilines is 1. The van der Waals surface area contributed by atoms with Gasteiger partial charge in [0, 0.05) is 11.8 Å². The summed E-state index contributed by atoms with van der Waals surface area (Å²) in [6.07, 6.45) is 0. The number of benzene rings is 1. The van der Waals surface area contributed by atoms with E-state index in [2.05, 4.69) is 5.32 Å². The molecule has 3 N–H and O–H groups in total. The molecule has 1 aromatic carbocycles. The van der Waals surface area contributed by atoms with Crippen LogP contribution in [-0.4, -0.2) is 16.9 Å². The second-order valence-corrected chi connectivity index (χ2v) is 3.53. The molecule has 6 heteroatoms. The van der Waals surface area contributed by atoms with Crippen molar-refractivity contribution >= 4 is 29.1 Å². The Kier molecular flexibility index (Phi) is 2.54. The first-order valence-electron chi connectivity index (χ1n) is 4.39. The van der Waals surface area contributed by atoms with Gasteiger partial charge in [0.2, 0.25) is 0 Å². The molecule has 0 fully saturated rings. The van der Waals surface area contributed by atoms with Gasteiger partial charge >= 0.3 is 0 Å². The Hall–Kier alpha value is -2.01. The van der Waals surface area contributed by atoms with Crippen LogP contribution in [0.15, 0.2) is 35.0 Å². The van der Waals surface area contributed by atoms with Gasteiger partial charge in [0.25, 0.3) is 11.8 Å². The first-order chi connectivity index (χ1) is 7.58. The van der Waals surface area contributed by atoms with Crippen LogP contribution < -0.4 is 10.6 Å². The highest BCUT2D eigenvalue weighted by atomic mass is 35.5. The van der Waals surface area contributed by atoms with Crippen molar-refractivity contribution in [1.29, 1.82) is 0 Å². The fourth-order valence-corrected chi connectivity index (χ4v) is 1.45. The minimum absolute atomic E-state index is 0.0164. The topological polar surface area (TPSA) is 78.4 Å². The van der Waals surface area contributed by atoms with Gasteiger partial charge in [-0.2, -0.15) is 0 Å². The van der Waals surface area contributed by atoms with Crippen molar-refractivity contribution in [1.82, 2.24) is 5.32 Å². The van der Waals surface area contributed by atoms with Crippen LogP contribution in [0.4, 0.5) is 5.69 Å². The van der Waals surface area contributed by atoms with Gasteiger partial charge in [0.1, 0.15) is 16.5 Å². The fraction of sp³-hybridized carbons (Fsp3) is 0. The van der Waals surface area contributed by atoms with Crippen molar-refractivity contribution in [2.45, 2.75) is 0 Å². The number of amides is 2. The molecule has 1 aliphatic heterocycles. The Labute approximate surface area is 95.7 Å². The predicted octanol–water partition coefficient (Wildman–Crippen LogP) is 0.911. The number of aromatic hydroxyl groups is 1. The summed E-state index contributed by atoms with van der Waals surface area (Å²) in [6, 6.07) is 6.13. The molecular weight excluding hydrogens is 232 g/mol. The molecule has 16 heavy (non-hydrogen) atoms. The number of hydrogen-bond acceptors (Lipinski definition) is 4. The Balaban J connectivity index is 2.29. The van der Waals surface area contributed by atoms with Gasteiger partial charge in [0.15, 0.2) is 0 Å². The number of rotatable bonds is 2. The average Bonchev–Trinajstić information content (AvgIpc) is 2.45. The first kappa shape index (κ1) is 10.5. The van der Waals surface area contributed by atoms with Crippen LogP contribution in [0, 0.1) is 0 Å². The average molecular weight is 239 g/mol. The Morgan fingerprint density at radius 1 is 1.25 bits per heavy atom. The molecule has 0 unspecified atom stereocenters. The molecule has 0 radical (unpaired) electrons. The van der Waals surface area contributed by atoms with Crippen LogP contribution in [0.25, 0.3) is 0 Å². The minimum atomic E-state index is -0.630. The molecule has 1 heterocycles. The smallest absolute Gasteiger partial charge is 0.276 e. The quantitative estimate of drug-likeness (QED) is 0.670. The lowest BCUT2D eigenvalue weighted by Gasteiger charge is -2.05. The molecule has 0 aromatic heterocycles. The Morgan fingerprint density at radius 3 is 2.56 bits per heavy atom. The van der Waals surface area contributed by atoms with Gasteiger partial charge in [-0.25, -0.2) is 0 Å². The van der Waals surface area contributed by atoms with Crippen LogP contribution in [0.5, 0.6) is 5.75 Å². The molecule has 2 amide bonds. The minimum Gasteiger partial charge on any atom is -0.508 e. The lowest BCUT2D eigenvalue weighted by molar-refractivity contribution is -0.123. The van der Waals surface area contributed by atoms with E-state index in [9.17, 15) is 14.7 Å². The highest BCUT2D eigenvalue weighted by molar-refractivity contribution is 6.48. The van der Waals surface area contributed by atoms with Crippen LogP contribution in [0.3, 0.4) is 0 Å². The second kappa shape index (κ2) is 3.86. The lowest BCUT2D eigenvalue weighted by Crippen LogP contribution is -2.24. The van der Waals surface area contributed by atoms with Crippen LogP contribution >= 0.6 is 11.6 Å². The zero-order valence-corrected chi connectivity index (χ0v) is 8.71. The number of carbonyl (C=O) groups is 2. The number of halogens is 1. The zero-order chi connectivity index (χ0) is 11.7. The maximum absolute atomic E-state index is 11.3. The van der Waals surface area contributed by atoms with Crippen molar-refractivity contribution in [3.05, 3.63) is 35.0 Å². The largest absolute Gasteiger partial charge is 0.508 e. The Morgan fingerprint density at radius 2 is 2.00 bits per heavy atom. The van der Waals surface area contributed by atoms with Gasteiger partial charge in [-0.1, -0.05) is 17.7 Å². The van der Waals surface area contributed by atoms with E-state index in [0.717, 1.165) is 0 Å². The summed E-state index contributed by atoms with van der Waals surface area (Å²) in [5.74, 6) is -1.17. The van der Waals surface area contributed by atoms with Crippen LogP contribution in [0.1, 0.15) is 0 Å². The second-order valence-electron chi connectivity index (χ2n) is 3.15. The van der Waals surface area contributed by atoms with E-state index in [1.807, 2.05) is 5.32 Å². The third kappa shape index (κ3) is 1.85. The molecule has 0 spiro atoms. The van der Waals surface area contributed by atoms with E-state index >= 15 is 0 Å². The summed E-state index contributed by atoms with van der Waals surface area (Å²) >= 11 is 5.63. The van der Waals surface area contributed by atoms with E-state index in [4.69, 9.17) is 11.6 Å². The van der Waals surface area contributed by atoms with E-state index in [-0.39, 0.29) is 16.5 Å². The molecular formula is C10H7ClN2O3. The highest BCUT2D eigenvalue weighted by Crippen LogP contribution is 2.21. The number of phenolic OH excluding ortho intramolecular Hbond substituents is 1. The number of carbonyl (C=O) groups excluding carboxylic acids is 2. The molecule has 5 nitrogen and oxygen atoms in total. The van der Waals surface area contributed by atoms with Crippen LogP contribution in [-0.2, 0) is 9.59 Å². The molecule has 0 bridgehead atoms. The summed E-state index contributed by atoms with van der Waals surface area (Å²) < 4.78 is 0. The third-order valence-corrected chi connectivity index (χ3v) is 2.35. The molecule has 1 aliphatic rings. The van der Waals surface area contributed by atoms with Gasteiger partial charge < -0.3 is 10.4 Å². The molecule has 82 valence electrons. The number of phenols is 1. The van der Waals surface area contributed by atoms with Crippen molar-refractivity contribution in [2.24, 2.45) is 0 Å². The third-order valence-electron chi connectivity index (χ3n) is 1.99. The van der Waals surface area contributed by atoms with Crippen LogP contribution in [0.2, 0.25) is 0 Å². The summed E-state index contributed by atoms with van der Waals surface area (Å²) in [7, 11) is 0. The van der Waals surface area contributed by atoms with Crippen molar-refractivity contribution in [3.8, 4) is 5.75 Å². The van der Waals surface area contributed by atoms with E-state index in [0.29, 0.717) is 5.69 Å². The fourth-order valence-electron chi connectivity index (χ4n) is 1.27. The SMILES string of the molecule is O=C1NC(=O)C(Nc2cccc(O)c2)=C1Cl. The van der Waals surface area contributed by atoms with Gasteiger partial charge in [-0.3, -0.25) is 14.9 Å². The maximum atomic E-state index is 11.3. The summed E-state index contributed by atoms with van der Waals surface area (Å²) in [5.41, 5.74) is 0.454. The van der Waals surface area contributed by atoms with Gasteiger partial charge in [-0.15, -0.1) is 0 Å². The predicted molar refractivity (Wildman–Crippen MR) is 57.8 cm³/mol. The lowest BCUT2D eigenvalue weighted by atomic mass is 10.3. The van der Waals surface area contributed by atoms with Crippen molar-refractivity contribution in [3.63, 3.8) is 0 Å². The summed E-state index contributed by atoms with van der Waals surface area (Å²) in [5, 5.41) is 13.7. The number of imide groups is 1. The highest BCUT2D eigenvalue weighted by Gasteiger charge is 2.29. The monoisotopic (exact) mass is 238 g/mol. The van der Waals surface area contributed by atoms with Crippen molar-refractivity contribution in [2.75, 3.05) is 5.32 Å². The molecule has 2 rings (SSSR count). The molecule has 0 aliphatic carbocycles. The summed E-state index contributed by atoms with van der Waals surface area (Å²) in [4.78, 5) is 22.3. The maximum Gasteiger partial charge on any atom is 0.276 e. The molecule has 0 atom stereocenters. The zero-order valence-electron chi connectivity index (χ0n) is 7.95. The van der Waals surface area contributed by atoms with E-state index < -0.39 is 11.8 Å². The number of nitrogens with one attached hydrogen (secondary N) is 2. The van der Waals surface area contributed by atoms with E-state index in [1.54, 1.807) is 12.1 Å².